The number of amides is 1. The maximum atomic E-state index is 12.6. The van der Waals surface area contributed by atoms with E-state index in [1.54, 1.807) is 0 Å². The number of anilines is 1. The summed E-state index contributed by atoms with van der Waals surface area (Å²) in [6.45, 7) is 5.99. The first-order chi connectivity index (χ1) is 14.7. The van der Waals surface area contributed by atoms with Crippen LogP contribution in [0.3, 0.4) is 0 Å². The smallest absolute Gasteiger partial charge is 0.238 e. The monoisotopic (exact) mass is 401 g/mol. The van der Waals surface area contributed by atoms with E-state index in [1.807, 2.05) is 24.3 Å². The van der Waals surface area contributed by atoms with E-state index < -0.39 is 0 Å². The minimum Gasteiger partial charge on any atom is -0.493 e. The Morgan fingerprint density at radius 1 is 0.933 bits per heavy atom. The molecule has 5 rings (SSSR count). The van der Waals surface area contributed by atoms with E-state index in [-0.39, 0.29) is 5.91 Å². The Bertz CT molecular complexity index is 1050. The molecule has 1 amide bonds. The largest absolute Gasteiger partial charge is 0.493 e. The van der Waals surface area contributed by atoms with Gasteiger partial charge in [-0.25, -0.2) is 0 Å². The number of ether oxygens (including phenoxy) is 1. The van der Waals surface area contributed by atoms with Gasteiger partial charge in [-0.2, -0.15) is 0 Å². The molecule has 0 spiro atoms. The van der Waals surface area contributed by atoms with Gasteiger partial charge in [0.25, 0.3) is 0 Å². The number of hydrogen-bond acceptors (Lipinski definition) is 4. The van der Waals surface area contributed by atoms with Gasteiger partial charge in [-0.05, 0) is 28.6 Å². The fraction of sp³-hybridized carbons (Fsp3) is 0.320. The topological polar surface area (TPSA) is 44.8 Å². The van der Waals surface area contributed by atoms with Gasteiger partial charge in [-0.1, -0.05) is 48.5 Å². The van der Waals surface area contributed by atoms with Crippen LogP contribution in [0.15, 0.2) is 60.7 Å². The lowest BCUT2D eigenvalue weighted by molar-refractivity contribution is -0.117. The van der Waals surface area contributed by atoms with Crippen LogP contribution in [0.4, 0.5) is 5.69 Å². The predicted molar refractivity (Wildman–Crippen MR) is 120 cm³/mol. The number of benzene rings is 3. The molecule has 2 aliphatic heterocycles. The third kappa shape index (κ3) is 4.18. The molecule has 0 unspecified atom stereocenters. The van der Waals surface area contributed by atoms with E-state index in [0.29, 0.717) is 6.54 Å². The average molecular weight is 402 g/mol. The highest BCUT2D eigenvalue weighted by Gasteiger charge is 2.20. The van der Waals surface area contributed by atoms with Gasteiger partial charge in [0.05, 0.1) is 13.2 Å². The summed E-state index contributed by atoms with van der Waals surface area (Å²) in [5.74, 6) is 1.10. The maximum absolute atomic E-state index is 12.6. The highest BCUT2D eigenvalue weighted by molar-refractivity contribution is 6.02. The van der Waals surface area contributed by atoms with Gasteiger partial charge < -0.3 is 10.1 Å². The molecular formula is C25H27N3O2. The molecular weight excluding hydrogens is 374 g/mol. The van der Waals surface area contributed by atoms with Crippen molar-refractivity contribution in [2.45, 2.75) is 13.0 Å². The minimum absolute atomic E-state index is 0.0541. The van der Waals surface area contributed by atoms with Crippen LogP contribution in [0.5, 0.6) is 5.75 Å². The van der Waals surface area contributed by atoms with Crippen molar-refractivity contribution in [3.63, 3.8) is 0 Å². The van der Waals surface area contributed by atoms with Crippen molar-refractivity contribution >= 4 is 22.4 Å². The molecule has 3 aromatic rings. The van der Waals surface area contributed by atoms with Crippen molar-refractivity contribution < 1.29 is 9.53 Å². The normalized spacial score (nSPS) is 16.9. The molecule has 0 atom stereocenters. The molecule has 2 aliphatic rings. The van der Waals surface area contributed by atoms with Crippen molar-refractivity contribution in [1.82, 2.24) is 9.80 Å². The summed E-state index contributed by atoms with van der Waals surface area (Å²) in [4.78, 5) is 17.3. The third-order valence-electron chi connectivity index (χ3n) is 6.06. The lowest BCUT2D eigenvalue weighted by atomic mass is 10.1. The second kappa shape index (κ2) is 8.46. The molecule has 30 heavy (non-hydrogen) atoms. The summed E-state index contributed by atoms with van der Waals surface area (Å²) in [6.07, 6.45) is 1.02. The van der Waals surface area contributed by atoms with Gasteiger partial charge in [0.15, 0.2) is 0 Å². The molecule has 0 radical (unpaired) electrons. The third-order valence-corrected chi connectivity index (χ3v) is 6.06. The molecule has 1 fully saturated rings. The van der Waals surface area contributed by atoms with Gasteiger partial charge >= 0.3 is 0 Å². The SMILES string of the molecule is O=C(CN1CCN(Cc2ccc3c(c2)CCO3)CC1)Nc1cccc2ccccc12. The van der Waals surface area contributed by atoms with Gasteiger partial charge in [-0.15, -0.1) is 0 Å². The van der Waals surface area contributed by atoms with Gasteiger partial charge in [0.1, 0.15) is 5.75 Å². The summed E-state index contributed by atoms with van der Waals surface area (Å²) in [6, 6.07) is 20.7. The summed E-state index contributed by atoms with van der Waals surface area (Å²) in [5, 5.41) is 5.32. The Kier molecular flexibility index (Phi) is 5.39. The Morgan fingerprint density at radius 2 is 1.73 bits per heavy atom. The van der Waals surface area contributed by atoms with Crippen molar-refractivity contribution in [2.75, 3.05) is 44.6 Å². The molecule has 2 heterocycles. The number of fused-ring (bicyclic) bond motifs is 2. The Labute approximate surface area is 177 Å². The Balaban J connectivity index is 1.13. The van der Waals surface area contributed by atoms with Crippen LogP contribution in [0.25, 0.3) is 10.8 Å². The van der Waals surface area contributed by atoms with Crippen LogP contribution < -0.4 is 10.1 Å². The first-order valence-electron chi connectivity index (χ1n) is 10.7. The highest BCUT2D eigenvalue weighted by atomic mass is 16.5. The number of nitrogens with zero attached hydrogens (tertiary/aromatic N) is 2. The van der Waals surface area contributed by atoms with Gasteiger partial charge in [0.2, 0.25) is 5.91 Å². The molecule has 1 N–H and O–H groups in total. The van der Waals surface area contributed by atoms with E-state index in [4.69, 9.17) is 4.74 Å². The van der Waals surface area contributed by atoms with Crippen molar-refractivity contribution in [3.8, 4) is 5.75 Å². The summed E-state index contributed by atoms with van der Waals surface area (Å²) in [5.41, 5.74) is 3.56. The lowest BCUT2D eigenvalue weighted by Crippen LogP contribution is -2.48. The number of hydrogen-bond donors (Lipinski definition) is 1. The first-order valence-corrected chi connectivity index (χ1v) is 10.7. The van der Waals surface area contributed by atoms with E-state index in [9.17, 15) is 4.79 Å². The zero-order chi connectivity index (χ0) is 20.3. The van der Waals surface area contributed by atoms with Crippen molar-refractivity contribution in [3.05, 3.63) is 71.8 Å². The molecule has 1 saturated heterocycles. The van der Waals surface area contributed by atoms with Crippen molar-refractivity contribution in [2.24, 2.45) is 0 Å². The highest BCUT2D eigenvalue weighted by Crippen LogP contribution is 2.26. The number of rotatable bonds is 5. The molecule has 0 aromatic heterocycles. The van der Waals surface area contributed by atoms with E-state index in [0.717, 1.165) is 68.0 Å². The fourth-order valence-corrected chi connectivity index (χ4v) is 4.43. The van der Waals surface area contributed by atoms with Crippen LogP contribution >= 0.6 is 0 Å². The van der Waals surface area contributed by atoms with E-state index in [1.165, 1.54) is 11.1 Å². The summed E-state index contributed by atoms with van der Waals surface area (Å²) >= 11 is 0. The predicted octanol–water partition coefficient (Wildman–Crippen LogP) is 3.53. The molecule has 5 nitrogen and oxygen atoms in total. The first kappa shape index (κ1) is 19.1. The van der Waals surface area contributed by atoms with E-state index in [2.05, 4.69) is 51.5 Å². The van der Waals surface area contributed by atoms with Gasteiger partial charge in [-0.3, -0.25) is 14.6 Å². The number of piperazine rings is 1. The zero-order valence-corrected chi connectivity index (χ0v) is 17.1. The number of nitrogens with one attached hydrogen (secondary N) is 1. The molecule has 154 valence electrons. The van der Waals surface area contributed by atoms with Crippen LogP contribution in [-0.2, 0) is 17.8 Å². The quantitative estimate of drug-likeness (QED) is 0.710. The zero-order valence-electron chi connectivity index (χ0n) is 17.1. The Hall–Kier alpha value is -2.89. The van der Waals surface area contributed by atoms with Crippen LogP contribution in [0.2, 0.25) is 0 Å². The standard InChI is InChI=1S/C25H27N3O2/c29-25(26-23-7-3-5-20-4-1-2-6-22(20)23)18-28-13-11-27(12-14-28)17-19-8-9-24-21(16-19)10-15-30-24/h1-9,16H,10-15,17-18H2,(H,26,29). The average Bonchev–Trinajstić information content (AvgIpc) is 3.23. The molecule has 3 aromatic carbocycles. The minimum atomic E-state index is 0.0541. The lowest BCUT2D eigenvalue weighted by Gasteiger charge is -2.34. The summed E-state index contributed by atoms with van der Waals surface area (Å²) in [7, 11) is 0. The second-order valence-corrected chi connectivity index (χ2v) is 8.17. The maximum Gasteiger partial charge on any atom is 0.238 e. The number of carbonyl (C=O) groups excluding carboxylic acids is 1. The fourth-order valence-electron chi connectivity index (χ4n) is 4.43. The van der Waals surface area contributed by atoms with Crippen LogP contribution in [0, 0.1) is 0 Å². The molecule has 0 bridgehead atoms. The molecule has 0 saturated carbocycles. The van der Waals surface area contributed by atoms with E-state index >= 15 is 0 Å². The van der Waals surface area contributed by atoms with Crippen LogP contribution in [0.1, 0.15) is 11.1 Å². The van der Waals surface area contributed by atoms with Crippen molar-refractivity contribution in [1.29, 1.82) is 0 Å². The molecule has 5 heteroatoms. The Morgan fingerprint density at radius 3 is 2.63 bits per heavy atom. The van der Waals surface area contributed by atoms with Crippen LogP contribution in [-0.4, -0.2) is 55.0 Å². The molecule has 0 aliphatic carbocycles. The van der Waals surface area contributed by atoms with Gasteiger partial charge in [0, 0.05) is 50.2 Å². The second-order valence-electron chi connectivity index (χ2n) is 8.17. The number of carbonyl (C=O) groups is 1. The summed E-state index contributed by atoms with van der Waals surface area (Å²) < 4.78 is 5.60.